The third-order valence-electron chi connectivity index (χ3n) is 4.71. The summed E-state index contributed by atoms with van der Waals surface area (Å²) in [4.78, 5) is 10.9. The van der Waals surface area contributed by atoms with Crippen LogP contribution >= 0.6 is 0 Å². The molecule has 2 aliphatic rings. The highest BCUT2D eigenvalue weighted by Crippen LogP contribution is 2.42. The number of nitrogens with one attached hydrogen (secondary N) is 1. The summed E-state index contributed by atoms with van der Waals surface area (Å²) in [6.07, 6.45) is 5.10. The number of aldehydes is 1. The van der Waals surface area contributed by atoms with Gasteiger partial charge >= 0.3 is 0 Å². The zero-order valence-electron chi connectivity index (χ0n) is 12.9. The molecule has 2 aromatic carbocycles. The van der Waals surface area contributed by atoms with Crippen LogP contribution in [0.1, 0.15) is 34.3 Å². The quantitative estimate of drug-likeness (QED) is 0.864. The summed E-state index contributed by atoms with van der Waals surface area (Å²) < 4.78 is 6.38. The number of para-hydroxylation sites is 1. The van der Waals surface area contributed by atoms with Gasteiger partial charge in [0, 0.05) is 24.0 Å². The molecule has 1 spiro atoms. The van der Waals surface area contributed by atoms with E-state index in [0.29, 0.717) is 5.56 Å². The van der Waals surface area contributed by atoms with Gasteiger partial charge in [0.1, 0.15) is 17.6 Å². The Hall–Kier alpha value is -2.39. The van der Waals surface area contributed by atoms with Crippen molar-refractivity contribution in [1.82, 2.24) is 5.32 Å². The van der Waals surface area contributed by atoms with E-state index >= 15 is 0 Å². The first kappa shape index (κ1) is 14.2. The number of fused-ring (bicyclic) bond motifs is 1. The monoisotopic (exact) mass is 305 g/mol. The Bertz CT molecular complexity index is 755. The molecular weight excluding hydrogens is 286 g/mol. The lowest BCUT2D eigenvalue weighted by molar-refractivity contribution is 0.0817. The molecule has 0 aromatic heterocycles. The summed E-state index contributed by atoms with van der Waals surface area (Å²) in [5, 5.41) is 3.40. The lowest BCUT2D eigenvalue weighted by Crippen LogP contribution is -2.46. The fraction of sp³-hybridized carbons (Fsp3) is 0.250. The minimum absolute atomic E-state index is 0.224. The van der Waals surface area contributed by atoms with Crippen molar-refractivity contribution in [3.63, 3.8) is 0 Å². The summed E-state index contributed by atoms with van der Waals surface area (Å²) in [7, 11) is 0. The van der Waals surface area contributed by atoms with Gasteiger partial charge in [-0.05, 0) is 36.4 Å². The minimum Gasteiger partial charge on any atom is -0.482 e. The van der Waals surface area contributed by atoms with Crippen LogP contribution < -0.4 is 10.1 Å². The van der Waals surface area contributed by atoms with Crippen LogP contribution in [-0.4, -0.2) is 25.0 Å². The standard InChI is InChI=1S/C20H19NO2/c22-14-15-5-7-16(8-6-15)18-13-20(9-11-21-12-10-20)23-19-4-2-1-3-17(18)19/h1-8,13-14,21H,9-12H2. The lowest BCUT2D eigenvalue weighted by atomic mass is 9.83. The normalized spacial score (nSPS) is 18.7. The molecule has 1 N–H and O–H groups in total. The predicted octanol–water partition coefficient (Wildman–Crippen LogP) is 3.45. The summed E-state index contributed by atoms with van der Waals surface area (Å²) in [5.41, 5.74) is 3.93. The second kappa shape index (κ2) is 5.67. The minimum atomic E-state index is -0.224. The van der Waals surface area contributed by atoms with Gasteiger partial charge in [0.15, 0.2) is 0 Å². The predicted molar refractivity (Wildman–Crippen MR) is 90.8 cm³/mol. The highest BCUT2D eigenvalue weighted by Gasteiger charge is 2.36. The SMILES string of the molecule is O=Cc1ccc(C2=CC3(CCNCC3)Oc3ccccc32)cc1. The summed E-state index contributed by atoms with van der Waals surface area (Å²) in [5.74, 6) is 0.950. The molecular formula is C20H19NO2. The molecule has 0 unspecified atom stereocenters. The van der Waals surface area contributed by atoms with E-state index in [1.165, 1.54) is 5.57 Å². The molecule has 2 heterocycles. The van der Waals surface area contributed by atoms with Crippen LogP contribution in [0, 0.1) is 0 Å². The number of hydrogen-bond acceptors (Lipinski definition) is 3. The molecule has 3 nitrogen and oxygen atoms in total. The van der Waals surface area contributed by atoms with Crippen molar-refractivity contribution in [1.29, 1.82) is 0 Å². The molecule has 0 amide bonds. The molecule has 2 aliphatic heterocycles. The van der Waals surface area contributed by atoms with E-state index in [9.17, 15) is 4.79 Å². The number of ether oxygens (including phenoxy) is 1. The maximum atomic E-state index is 10.9. The molecule has 23 heavy (non-hydrogen) atoms. The lowest BCUT2D eigenvalue weighted by Gasteiger charge is -2.40. The van der Waals surface area contributed by atoms with Crippen LogP contribution in [0.5, 0.6) is 5.75 Å². The van der Waals surface area contributed by atoms with Crippen LogP contribution in [0.25, 0.3) is 5.57 Å². The third-order valence-corrected chi connectivity index (χ3v) is 4.71. The molecule has 0 saturated carbocycles. The number of piperidine rings is 1. The van der Waals surface area contributed by atoms with Crippen LogP contribution in [0.15, 0.2) is 54.6 Å². The Morgan fingerprint density at radius 2 is 1.74 bits per heavy atom. The van der Waals surface area contributed by atoms with Crippen molar-refractivity contribution in [2.75, 3.05) is 13.1 Å². The van der Waals surface area contributed by atoms with Gasteiger partial charge in [-0.1, -0.05) is 42.5 Å². The van der Waals surface area contributed by atoms with E-state index in [-0.39, 0.29) is 5.60 Å². The fourth-order valence-corrected chi connectivity index (χ4v) is 3.44. The van der Waals surface area contributed by atoms with Crippen LogP contribution in [0.2, 0.25) is 0 Å². The summed E-state index contributed by atoms with van der Waals surface area (Å²) in [6, 6.07) is 16.0. The summed E-state index contributed by atoms with van der Waals surface area (Å²) in [6.45, 7) is 1.94. The average molecular weight is 305 g/mol. The molecule has 116 valence electrons. The Morgan fingerprint density at radius 3 is 2.48 bits per heavy atom. The van der Waals surface area contributed by atoms with Gasteiger partial charge in [-0.2, -0.15) is 0 Å². The molecule has 0 aliphatic carbocycles. The Morgan fingerprint density at radius 1 is 1.00 bits per heavy atom. The Kier molecular flexibility index (Phi) is 3.50. The molecule has 2 aromatic rings. The van der Waals surface area contributed by atoms with Crippen molar-refractivity contribution in [3.05, 3.63) is 71.3 Å². The number of rotatable bonds is 2. The van der Waals surface area contributed by atoms with Gasteiger partial charge in [-0.3, -0.25) is 4.79 Å². The van der Waals surface area contributed by atoms with E-state index in [2.05, 4.69) is 17.5 Å². The average Bonchev–Trinajstić information content (AvgIpc) is 2.62. The van der Waals surface area contributed by atoms with Gasteiger partial charge < -0.3 is 10.1 Å². The van der Waals surface area contributed by atoms with Crippen molar-refractivity contribution < 1.29 is 9.53 Å². The molecule has 0 atom stereocenters. The first-order valence-corrected chi connectivity index (χ1v) is 8.07. The second-order valence-corrected chi connectivity index (χ2v) is 6.21. The van der Waals surface area contributed by atoms with Crippen molar-refractivity contribution in [3.8, 4) is 5.75 Å². The molecule has 4 rings (SSSR count). The second-order valence-electron chi connectivity index (χ2n) is 6.21. The highest BCUT2D eigenvalue weighted by molar-refractivity contribution is 5.86. The first-order valence-electron chi connectivity index (χ1n) is 8.07. The number of benzene rings is 2. The van der Waals surface area contributed by atoms with E-state index in [0.717, 1.165) is 49.1 Å². The molecule has 0 bridgehead atoms. The van der Waals surface area contributed by atoms with E-state index < -0.39 is 0 Å². The zero-order valence-corrected chi connectivity index (χ0v) is 12.9. The molecule has 1 saturated heterocycles. The van der Waals surface area contributed by atoms with Gasteiger partial charge in [0.2, 0.25) is 0 Å². The van der Waals surface area contributed by atoms with E-state index in [4.69, 9.17) is 4.74 Å². The number of carbonyl (C=O) groups excluding carboxylic acids is 1. The van der Waals surface area contributed by atoms with E-state index in [1.54, 1.807) is 0 Å². The van der Waals surface area contributed by atoms with Crippen LogP contribution in [0.4, 0.5) is 0 Å². The van der Waals surface area contributed by atoms with Gasteiger partial charge in [0.05, 0.1) is 0 Å². The first-order chi connectivity index (χ1) is 11.3. The van der Waals surface area contributed by atoms with Gasteiger partial charge in [0.25, 0.3) is 0 Å². The topological polar surface area (TPSA) is 38.3 Å². The Balaban J connectivity index is 1.83. The largest absolute Gasteiger partial charge is 0.482 e. The number of hydrogen-bond donors (Lipinski definition) is 1. The summed E-state index contributed by atoms with van der Waals surface area (Å²) >= 11 is 0. The fourth-order valence-electron chi connectivity index (χ4n) is 3.44. The van der Waals surface area contributed by atoms with Gasteiger partial charge in [-0.15, -0.1) is 0 Å². The smallest absolute Gasteiger partial charge is 0.150 e. The molecule has 0 radical (unpaired) electrons. The van der Waals surface area contributed by atoms with Crippen LogP contribution in [0.3, 0.4) is 0 Å². The molecule has 1 fully saturated rings. The van der Waals surface area contributed by atoms with Crippen LogP contribution in [-0.2, 0) is 0 Å². The van der Waals surface area contributed by atoms with E-state index in [1.807, 2.05) is 42.5 Å². The number of carbonyl (C=O) groups is 1. The van der Waals surface area contributed by atoms with Crippen molar-refractivity contribution >= 4 is 11.9 Å². The Labute approximate surface area is 136 Å². The van der Waals surface area contributed by atoms with Crippen molar-refractivity contribution in [2.45, 2.75) is 18.4 Å². The maximum absolute atomic E-state index is 10.9. The highest BCUT2D eigenvalue weighted by atomic mass is 16.5. The third kappa shape index (κ3) is 2.57. The zero-order chi connectivity index (χ0) is 15.7. The molecule has 3 heteroatoms. The van der Waals surface area contributed by atoms with Gasteiger partial charge in [-0.25, -0.2) is 0 Å². The maximum Gasteiger partial charge on any atom is 0.150 e. The van der Waals surface area contributed by atoms with Crippen molar-refractivity contribution in [2.24, 2.45) is 0 Å².